The largest absolute Gasteiger partial charge is 0.351 e. The fourth-order valence-electron chi connectivity index (χ4n) is 3.56. The van der Waals surface area contributed by atoms with Crippen LogP contribution in [0.1, 0.15) is 26.3 Å². The van der Waals surface area contributed by atoms with E-state index in [2.05, 4.69) is 15.4 Å². The Bertz CT molecular complexity index is 1110. The summed E-state index contributed by atoms with van der Waals surface area (Å²) in [6.45, 7) is 5.02. The summed E-state index contributed by atoms with van der Waals surface area (Å²) in [6, 6.07) is 9.31. The number of fused-ring (bicyclic) bond motifs is 2. The molecule has 0 bridgehead atoms. The minimum absolute atomic E-state index is 0.158. The fraction of sp³-hybridized carbons (Fsp3) is 0.429. The van der Waals surface area contributed by atoms with Crippen molar-refractivity contribution in [3.8, 4) is 5.69 Å². The molecule has 3 heterocycles. The molecular weight excluding hydrogens is 418 g/mol. The van der Waals surface area contributed by atoms with Gasteiger partial charge in [-0.2, -0.15) is 5.10 Å². The van der Waals surface area contributed by atoms with E-state index in [0.29, 0.717) is 35.2 Å². The highest BCUT2D eigenvalue weighted by Gasteiger charge is 2.29. The Morgan fingerprint density at radius 1 is 1.26 bits per heavy atom. The number of amides is 1. The first-order chi connectivity index (χ1) is 15.1. The van der Waals surface area contributed by atoms with Gasteiger partial charge in [0.1, 0.15) is 5.39 Å². The lowest BCUT2D eigenvalue weighted by molar-refractivity contribution is -0.140. The molecule has 1 aliphatic heterocycles. The summed E-state index contributed by atoms with van der Waals surface area (Å²) in [5, 5.41) is 8.25. The lowest BCUT2D eigenvalue weighted by Gasteiger charge is -2.18. The van der Waals surface area contributed by atoms with Crippen molar-refractivity contribution in [3.05, 3.63) is 46.9 Å². The van der Waals surface area contributed by atoms with Crippen molar-refractivity contribution in [1.29, 1.82) is 0 Å². The second-order valence-corrected chi connectivity index (χ2v) is 8.00. The highest BCUT2D eigenvalue weighted by Crippen LogP contribution is 2.33. The van der Waals surface area contributed by atoms with E-state index < -0.39 is 6.29 Å². The van der Waals surface area contributed by atoms with Crippen molar-refractivity contribution in [2.75, 3.05) is 25.5 Å². The molecule has 1 atom stereocenters. The topological polar surface area (TPSA) is 100 Å². The quantitative estimate of drug-likeness (QED) is 0.399. The van der Waals surface area contributed by atoms with Crippen LogP contribution in [0.15, 0.2) is 46.5 Å². The van der Waals surface area contributed by atoms with Crippen molar-refractivity contribution in [1.82, 2.24) is 24.6 Å². The summed E-state index contributed by atoms with van der Waals surface area (Å²) in [5.41, 5.74) is 1.19. The van der Waals surface area contributed by atoms with Gasteiger partial charge in [0.2, 0.25) is 5.91 Å². The zero-order chi connectivity index (χ0) is 21.8. The highest BCUT2D eigenvalue weighted by molar-refractivity contribution is 7.99. The first-order valence-corrected chi connectivity index (χ1v) is 11.3. The van der Waals surface area contributed by atoms with Gasteiger partial charge in [-0.3, -0.25) is 14.2 Å². The molecule has 31 heavy (non-hydrogen) atoms. The van der Waals surface area contributed by atoms with Crippen molar-refractivity contribution in [2.45, 2.75) is 37.8 Å². The van der Waals surface area contributed by atoms with Gasteiger partial charge in [0.25, 0.3) is 5.56 Å². The monoisotopic (exact) mass is 443 g/mol. The lowest BCUT2D eigenvalue weighted by atomic mass is 10.2. The minimum atomic E-state index is -0.475. The average Bonchev–Trinajstić information content (AvgIpc) is 3.38. The van der Waals surface area contributed by atoms with Gasteiger partial charge in [0, 0.05) is 25.4 Å². The molecule has 4 rings (SSSR count). The fourth-order valence-corrected chi connectivity index (χ4v) is 4.69. The van der Waals surface area contributed by atoms with Crippen LogP contribution in [-0.2, 0) is 14.3 Å². The van der Waals surface area contributed by atoms with E-state index >= 15 is 0 Å². The summed E-state index contributed by atoms with van der Waals surface area (Å²) in [6.07, 6.45) is 1.25. The number of hydrogen-bond acceptors (Lipinski definition) is 7. The molecule has 0 fully saturated rings. The third-order valence-electron chi connectivity index (χ3n) is 4.96. The van der Waals surface area contributed by atoms with E-state index in [-0.39, 0.29) is 30.5 Å². The van der Waals surface area contributed by atoms with Crippen LogP contribution in [0.2, 0.25) is 0 Å². The van der Waals surface area contributed by atoms with Crippen molar-refractivity contribution >= 4 is 28.7 Å². The zero-order valence-corrected chi connectivity index (χ0v) is 18.3. The Kier molecular flexibility index (Phi) is 6.69. The number of benzene rings is 1. The van der Waals surface area contributed by atoms with Gasteiger partial charge in [-0.25, -0.2) is 9.67 Å². The number of aromatic nitrogens is 4. The average molecular weight is 444 g/mol. The minimum Gasteiger partial charge on any atom is -0.351 e. The second kappa shape index (κ2) is 9.63. The Labute approximate surface area is 183 Å². The first kappa shape index (κ1) is 21.5. The third-order valence-corrected chi connectivity index (χ3v) is 6.06. The number of thioether (sulfide) groups is 1. The summed E-state index contributed by atoms with van der Waals surface area (Å²) >= 11 is 1.48. The SMILES string of the molecule is CCOC(CNC(=O)CC1CSc2nc3c(cnn3-c3ccccc3)c(=O)n21)OCC. The lowest BCUT2D eigenvalue weighted by Crippen LogP contribution is -2.37. The molecule has 1 aromatic carbocycles. The smallest absolute Gasteiger partial charge is 0.265 e. The Balaban J connectivity index is 1.52. The molecule has 1 aliphatic rings. The molecule has 10 heteroatoms. The predicted octanol–water partition coefficient (Wildman–Crippen LogP) is 2.13. The van der Waals surface area contributed by atoms with Gasteiger partial charge in [0.05, 0.1) is 24.5 Å². The van der Waals surface area contributed by atoms with E-state index in [1.807, 2.05) is 44.2 Å². The van der Waals surface area contributed by atoms with Crippen LogP contribution < -0.4 is 10.9 Å². The van der Waals surface area contributed by atoms with Gasteiger partial charge in [-0.15, -0.1) is 0 Å². The second-order valence-electron chi connectivity index (χ2n) is 7.01. The molecule has 1 N–H and O–H groups in total. The van der Waals surface area contributed by atoms with Gasteiger partial charge in [-0.1, -0.05) is 30.0 Å². The van der Waals surface area contributed by atoms with Gasteiger partial charge < -0.3 is 14.8 Å². The molecule has 0 aliphatic carbocycles. The van der Waals surface area contributed by atoms with E-state index in [4.69, 9.17) is 9.47 Å². The van der Waals surface area contributed by atoms with Crippen LogP contribution in [0.25, 0.3) is 16.7 Å². The standard InChI is InChI=1S/C21H25N5O4S/c1-3-29-18(30-4-2)12-22-17(27)10-15-13-31-21-24-19-16(20(28)25(15)21)11-23-26(19)14-8-6-5-7-9-14/h5-9,11,15,18H,3-4,10,12-13H2,1-2H3,(H,22,27). The molecule has 0 saturated heterocycles. The van der Waals surface area contributed by atoms with Gasteiger partial charge >= 0.3 is 0 Å². The number of nitrogens with one attached hydrogen (secondary N) is 1. The number of rotatable bonds is 9. The van der Waals surface area contributed by atoms with Crippen LogP contribution in [0.4, 0.5) is 0 Å². The molecule has 9 nitrogen and oxygen atoms in total. The maximum Gasteiger partial charge on any atom is 0.265 e. The van der Waals surface area contributed by atoms with E-state index in [0.717, 1.165) is 5.69 Å². The van der Waals surface area contributed by atoms with Gasteiger partial charge in [-0.05, 0) is 26.0 Å². The van der Waals surface area contributed by atoms with Crippen LogP contribution in [0.3, 0.4) is 0 Å². The van der Waals surface area contributed by atoms with Crippen LogP contribution in [0, 0.1) is 0 Å². The maximum atomic E-state index is 13.2. The maximum absolute atomic E-state index is 13.2. The summed E-state index contributed by atoms with van der Waals surface area (Å²) in [7, 11) is 0. The predicted molar refractivity (Wildman–Crippen MR) is 118 cm³/mol. The Morgan fingerprint density at radius 2 is 2.00 bits per heavy atom. The van der Waals surface area contributed by atoms with Gasteiger partial charge in [0.15, 0.2) is 17.1 Å². The molecule has 164 valence electrons. The zero-order valence-electron chi connectivity index (χ0n) is 17.5. The number of carbonyl (C=O) groups is 1. The van der Waals surface area contributed by atoms with E-state index in [1.54, 1.807) is 15.4 Å². The molecular formula is C21H25N5O4S. The molecule has 1 amide bonds. The summed E-state index contributed by atoms with van der Waals surface area (Å²) in [4.78, 5) is 30.4. The van der Waals surface area contributed by atoms with Crippen molar-refractivity contribution < 1.29 is 14.3 Å². The number of hydrogen-bond donors (Lipinski definition) is 1. The number of ether oxygens (including phenoxy) is 2. The molecule has 0 spiro atoms. The number of para-hydroxylation sites is 1. The molecule has 2 aromatic heterocycles. The van der Waals surface area contributed by atoms with Crippen molar-refractivity contribution in [2.24, 2.45) is 0 Å². The van der Waals surface area contributed by atoms with Crippen LogP contribution in [-0.4, -0.2) is 57.0 Å². The summed E-state index contributed by atoms with van der Waals surface area (Å²) < 4.78 is 14.2. The Morgan fingerprint density at radius 3 is 2.71 bits per heavy atom. The summed E-state index contributed by atoms with van der Waals surface area (Å²) in [5.74, 6) is 0.455. The molecule has 1 unspecified atom stereocenters. The normalized spacial score (nSPS) is 15.5. The van der Waals surface area contributed by atoms with Crippen molar-refractivity contribution in [3.63, 3.8) is 0 Å². The third kappa shape index (κ3) is 4.51. The van der Waals surface area contributed by atoms with Crippen LogP contribution >= 0.6 is 11.8 Å². The molecule has 0 radical (unpaired) electrons. The molecule has 0 saturated carbocycles. The first-order valence-electron chi connectivity index (χ1n) is 10.3. The Hall–Kier alpha value is -2.69. The highest BCUT2D eigenvalue weighted by atomic mass is 32.2. The number of carbonyl (C=O) groups excluding carboxylic acids is 1. The number of nitrogens with zero attached hydrogens (tertiary/aromatic N) is 4. The van der Waals surface area contributed by atoms with E-state index in [9.17, 15) is 9.59 Å². The van der Waals surface area contributed by atoms with E-state index in [1.165, 1.54) is 11.8 Å². The molecule has 3 aromatic rings. The van der Waals surface area contributed by atoms with Crippen LogP contribution in [0.5, 0.6) is 0 Å².